The molecule has 2 saturated heterocycles. The number of nitriles is 1. The smallest absolute Gasteiger partial charge is 0.413 e. The minimum atomic E-state index is -0.837. The fraction of sp³-hybridized carbons (Fsp3) is 0.879. The van der Waals surface area contributed by atoms with Crippen LogP contribution in [0, 0.1) is 35.0 Å². The summed E-state index contributed by atoms with van der Waals surface area (Å²) in [6.07, 6.45) is 16.3. The number of hydrogen-bond acceptors (Lipinski definition) is 7. The van der Waals surface area contributed by atoms with Crippen LogP contribution in [-0.4, -0.2) is 80.6 Å². The van der Waals surface area contributed by atoms with E-state index in [0.717, 1.165) is 38.5 Å². The third kappa shape index (κ3) is 9.31. The number of alkyl carbamates (subject to hydrolysis) is 1. The van der Waals surface area contributed by atoms with Gasteiger partial charge in [-0.3, -0.25) is 10.1 Å². The van der Waals surface area contributed by atoms with Gasteiger partial charge in [0.25, 0.3) is 0 Å². The van der Waals surface area contributed by atoms with E-state index in [2.05, 4.69) is 16.7 Å². The van der Waals surface area contributed by atoms with Gasteiger partial charge in [-0.1, -0.05) is 64.2 Å². The van der Waals surface area contributed by atoms with E-state index in [-0.39, 0.29) is 5.91 Å². The molecule has 0 spiro atoms. The van der Waals surface area contributed by atoms with Crippen molar-refractivity contribution < 1.29 is 23.8 Å². The highest BCUT2D eigenvalue weighted by molar-refractivity contribution is 5.96. The Bertz CT molecular complexity index is 975. The standard InChI is InChI=1S/C33H53N5O5/c34-24-33(14-11-28(22-33)27-9-5-6-10-27)37-30(39)29(21-25-7-3-1-2-4-8-25)35-31(38-15-19-42-20-16-38)36-32(40)43-23-26-12-17-41-18-13-26/h25-29H,1-23H2,(H,37,39)(H,35,36,40). The molecule has 5 fully saturated rings. The van der Waals surface area contributed by atoms with Crippen LogP contribution in [0.25, 0.3) is 0 Å². The van der Waals surface area contributed by atoms with Crippen molar-refractivity contribution in [3.8, 4) is 6.07 Å². The molecule has 0 bridgehead atoms. The molecule has 5 rings (SSSR count). The lowest BCUT2D eigenvalue weighted by Gasteiger charge is -2.32. The number of aliphatic imine (C=N–C) groups is 1. The number of nitrogens with zero attached hydrogens (tertiary/aromatic N) is 3. The number of guanidine groups is 1. The van der Waals surface area contributed by atoms with Crippen LogP contribution in [0.1, 0.15) is 103 Å². The topological polar surface area (TPSA) is 125 Å². The molecule has 43 heavy (non-hydrogen) atoms. The molecule has 3 aliphatic carbocycles. The average Bonchev–Trinajstić information content (AvgIpc) is 3.66. The molecular formula is C33H53N5O5. The molecule has 0 aromatic heterocycles. The number of carbonyl (C=O) groups is 2. The monoisotopic (exact) mass is 599 g/mol. The maximum Gasteiger partial charge on any atom is 0.413 e. The van der Waals surface area contributed by atoms with Crippen molar-refractivity contribution in [2.45, 2.75) is 114 Å². The van der Waals surface area contributed by atoms with Gasteiger partial charge in [-0.25, -0.2) is 9.79 Å². The summed E-state index contributed by atoms with van der Waals surface area (Å²) in [6, 6.07) is 1.83. The van der Waals surface area contributed by atoms with Crippen molar-refractivity contribution >= 4 is 18.0 Å². The molecule has 3 atom stereocenters. The fourth-order valence-corrected chi connectivity index (χ4v) is 7.96. The predicted octanol–water partition coefficient (Wildman–Crippen LogP) is 4.93. The second-order valence-corrected chi connectivity index (χ2v) is 13.7. The Hall–Kier alpha value is -2.38. The van der Waals surface area contributed by atoms with Crippen molar-refractivity contribution in [1.29, 1.82) is 5.26 Å². The van der Waals surface area contributed by atoms with E-state index in [1.54, 1.807) is 0 Å². The Labute approximate surface area is 257 Å². The Kier molecular flexibility index (Phi) is 12.0. The molecule has 5 aliphatic rings. The summed E-state index contributed by atoms with van der Waals surface area (Å²) in [5, 5.41) is 16.5. The van der Waals surface area contributed by atoms with Crippen LogP contribution in [0.15, 0.2) is 4.99 Å². The van der Waals surface area contributed by atoms with Crippen LogP contribution >= 0.6 is 0 Å². The van der Waals surface area contributed by atoms with E-state index in [9.17, 15) is 14.9 Å². The molecule has 2 heterocycles. The quantitative estimate of drug-likeness (QED) is 0.230. The summed E-state index contributed by atoms with van der Waals surface area (Å²) < 4.78 is 16.6. The SMILES string of the molecule is N#CC1(NC(=O)C(CC2CCCCCC2)N=C(NC(=O)OCC2CCOCC2)N2CCOCC2)CCC(C2CCCC2)C1. The van der Waals surface area contributed by atoms with Gasteiger partial charge in [-0.15, -0.1) is 0 Å². The maximum atomic E-state index is 14.1. The highest BCUT2D eigenvalue weighted by atomic mass is 16.5. The third-order valence-corrected chi connectivity index (χ3v) is 10.6. The van der Waals surface area contributed by atoms with Gasteiger partial charge in [0, 0.05) is 26.3 Å². The molecule has 0 radical (unpaired) electrons. The highest BCUT2D eigenvalue weighted by Gasteiger charge is 2.45. The van der Waals surface area contributed by atoms with Gasteiger partial charge in [0.15, 0.2) is 0 Å². The molecule has 2 N–H and O–H groups in total. The maximum absolute atomic E-state index is 14.1. The van der Waals surface area contributed by atoms with Crippen molar-refractivity contribution in [3.05, 3.63) is 0 Å². The lowest BCUT2D eigenvalue weighted by Crippen LogP contribution is -2.52. The van der Waals surface area contributed by atoms with Crippen molar-refractivity contribution in [1.82, 2.24) is 15.5 Å². The van der Waals surface area contributed by atoms with Crippen LogP contribution in [0.2, 0.25) is 0 Å². The molecule has 3 saturated carbocycles. The van der Waals surface area contributed by atoms with Crippen molar-refractivity contribution in [2.24, 2.45) is 28.7 Å². The molecule has 10 nitrogen and oxygen atoms in total. The lowest BCUT2D eigenvalue weighted by atomic mass is 9.87. The highest BCUT2D eigenvalue weighted by Crippen LogP contribution is 2.44. The molecule has 0 aromatic carbocycles. The normalized spacial score (nSPS) is 29.0. The van der Waals surface area contributed by atoms with Crippen molar-refractivity contribution in [3.63, 3.8) is 0 Å². The summed E-state index contributed by atoms with van der Waals surface area (Å²) in [6.45, 7) is 3.92. The Morgan fingerprint density at radius 1 is 0.884 bits per heavy atom. The zero-order valence-corrected chi connectivity index (χ0v) is 26.0. The van der Waals surface area contributed by atoms with Crippen LogP contribution in [0.5, 0.6) is 0 Å². The first kappa shape index (κ1) is 32.0. The predicted molar refractivity (Wildman–Crippen MR) is 163 cm³/mol. The van der Waals surface area contributed by atoms with E-state index in [1.165, 1.54) is 51.4 Å². The van der Waals surface area contributed by atoms with Gasteiger partial charge in [0.1, 0.15) is 11.6 Å². The number of carbonyl (C=O) groups excluding carboxylic acids is 2. The Morgan fingerprint density at radius 3 is 2.26 bits per heavy atom. The van der Waals surface area contributed by atoms with Gasteiger partial charge in [0.05, 0.1) is 25.9 Å². The number of ether oxygens (including phenoxy) is 3. The first-order valence-corrected chi connectivity index (χ1v) is 17.2. The van der Waals surface area contributed by atoms with E-state index in [0.29, 0.717) is 88.6 Å². The van der Waals surface area contributed by atoms with Gasteiger partial charge in [-0.2, -0.15) is 5.26 Å². The molecule has 240 valence electrons. The zero-order valence-electron chi connectivity index (χ0n) is 26.0. The number of nitrogens with one attached hydrogen (secondary N) is 2. The fourth-order valence-electron chi connectivity index (χ4n) is 7.96. The second-order valence-electron chi connectivity index (χ2n) is 13.7. The summed E-state index contributed by atoms with van der Waals surface area (Å²) in [5.74, 6) is 2.04. The number of rotatable bonds is 8. The summed E-state index contributed by atoms with van der Waals surface area (Å²) in [4.78, 5) is 34.1. The molecular weight excluding hydrogens is 546 g/mol. The van der Waals surface area contributed by atoms with Crippen LogP contribution in [0.4, 0.5) is 4.79 Å². The summed E-state index contributed by atoms with van der Waals surface area (Å²) in [5.41, 5.74) is -0.837. The van der Waals surface area contributed by atoms with E-state index < -0.39 is 17.7 Å². The van der Waals surface area contributed by atoms with Gasteiger partial charge in [0.2, 0.25) is 11.9 Å². The lowest BCUT2D eigenvalue weighted by molar-refractivity contribution is -0.124. The molecule has 10 heteroatoms. The van der Waals surface area contributed by atoms with Gasteiger partial charge < -0.3 is 24.4 Å². The van der Waals surface area contributed by atoms with Gasteiger partial charge in [-0.05, 0) is 62.2 Å². The molecule has 2 amide bonds. The molecule has 2 aliphatic heterocycles. The molecule has 3 unspecified atom stereocenters. The zero-order chi connectivity index (χ0) is 29.9. The minimum absolute atomic E-state index is 0.194. The average molecular weight is 600 g/mol. The van der Waals surface area contributed by atoms with Crippen LogP contribution in [0.3, 0.4) is 0 Å². The Balaban J connectivity index is 1.32. The number of amides is 2. The summed E-state index contributed by atoms with van der Waals surface area (Å²) in [7, 11) is 0. The Morgan fingerprint density at radius 2 is 1.56 bits per heavy atom. The van der Waals surface area contributed by atoms with E-state index in [4.69, 9.17) is 19.2 Å². The van der Waals surface area contributed by atoms with Crippen LogP contribution in [-0.2, 0) is 19.0 Å². The molecule has 0 aromatic rings. The van der Waals surface area contributed by atoms with E-state index in [1.807, 2.05) is 4.90 Å². The largest absolute Gasteiger partial charge is 0.449 e. The first-order valence-electron chi connectivity index (χ1n) is 17.2. The summed E-state index contributed by atoms with van der Waals surface area (Å²) >= 11 is 0. The van der Waals surface area contributed by atoms with E-state index >= 15 is 0 Å². The third-order valence-electron chi connectivity index (χ3n) is 10.6. The first-order chi connectivity index (χ1) is 21.0. The minimum Gasteiger partial charge on any atom is -0.449 e. The number of morpholine rings is 1. The van der Waals surface area contributed by atoms with Crippen LogP contribution < -0.4 is 10.6 Å². The van der Waals surface area contributed by atoms with Gasteiger partial charge >= 0.3 is 6.09 Å². The second kappa shape index (κ2) is 16.1. The number of hydrogen-bond donors (Lipinski definition) is 2. The van der Waals surface area contributed by atoms with Crippen molar-refractivity contribution in [2.75, 3.05) is 46.1 Å².